The van der Waals surface area contributed by atoms with Gasteiger partial charge in [-0.2, -0.15) is 12.6 Å². The molecule has 1 rings (SSSR count). The van der Waals surface area contributed by atoms with E-state index in [1.165, 1.54) is 6.92 Å². The summed E-state index contributed by atoms with van der Waals surface area (Å²) in [7, 11) is 0. The quantitative estimate of drug-likeness (QED) is 0.680. The van der Waals surface area contributed by atoms with E-state index in [2.05, 4.69) is 24.9 Å². The molecule has 92 valence electrons. The number of nitrogens with one attached hydrogen (secondary N) is 1. The summed E-state index contributed by atoms with van der Waals surface area (Å²) >= 11 is 4.12. The summed E-state index contributed by atoms with van der Waals surface area (Å²) in [6, 6.07) is -0.0865. The summed E-state index contributed by atoms with van der Waals surface area (Å²) in [5.41, 5.74) is 0. The molecule has 0 radical (unpaired) electrons. The molecule has 1 atom stereocenters. The van der Waals surface area contributed by atoms with E-state index in [9.17, 15) is 9.59 Å². The number of carbonyl (C=O) groups is 2. The van der Waals surface area contributed by atoms with Gasteiger partial charge in [-0.25, -0.2) is 0 Å². The maximum atomic E-state index is 12.1. The summed E-state index contributed by atoms with van der Waals surface area (Å²) < 4.78 is 0. The number of rotatable bonds is 6. The third-order valence-corrected chi connectivity index (χ3v) is 2.96. The zero-order chi connectivity index (χ0) is 12.1. The first-order chi connectivity index (χ1) is 7.60. The van der Waals surface area contributed by atoms with E-state index in [4.69, 9.17) is 0 Å². The Balaban J connectivity index is 2.59. The van der Waals surface area contributed by atoms with Crippen LogP contribution in [0.15, 0.2) is 0 Å². The van der Waals surface area contributed by atoms with Crippen molar-refractivity contribution >= 4 is 24.4 Å². The highest BCUT2D eigenvalue weighted by molar-refractivity contribution is 7.80. The van der Waals surface area contributed by atoms with Crippen LogP contribution in [-0.2, 0) is 9.59 Å². The van der Waals surface area contributed by atoms with Crippen LogP contribution in [0.25, 0.3) is 0 Å². The van der Waals surface area contributed by atoms with Crippen LogP contribution < -0.4 is 5.32 Å². The fourth-order valence-corrected chi connectivity index (χ4v) is 1.98. The Hall–Kier alpha value is -0.710. The van der Waals surface area contributed by atoms with E-state index in [1.807, 2.05) is 4.90 Å². The third kappa shape index (κ3) is 3.70. The minimum absolute atomic E-state index is 0.00884. The Bertz CT molecular complexity index is 267. The number of thiol groups is 1. The molecule has 0 aliphatic heterocycles. The van der Waals surface area contributed by atoms with Crippen LogP contribution in [0.1, 0.15) is 33.1 Å². The molecule has 0 heterocycles. The molecule has 1 aliphatic carbocycles. The Labute approximate surface area is 102 Å². The second-order valence-corrected chi connectivity index (χ2v) is 4.56. The van der Waals surface area contributed by atoms with Gasteiger partial charge in [-0.3, -0.25) is 9.59 Å². The second kappa shape index (κ2) is 6.13. The average Bonchev–Trinajstić information content (AvgIpc) is 3.05. The van der Waals surface area contributed by atoms with E-state index in [0.29, 0.717) is 11.8 Å². The molecule has 1 aliphatic rings. The van der Waals surface area contributed by atoms with Gasteiger partial charge in [0.2, 0.25) is 11.8 Å². The molecular weight excluding hydrogens is 224 g/mol. The Morgan fingerprint density at radius 2 is 2.12 bits per heavy atom. The molecule has 0 aromatic heterocycles. The van der Waals surface area contributed by atoms with Crippen LogP contribution in [0.2, 0.25) is 0 Å². The van der Waals surface area contributed by atoms with Gasteiger partial charge in [-0.1, -0.05) is 6.92 Å². The lowest BCUT2D eigenvalue weighted by Gasteiger charge is -2.26. The van der Waals surface area contributed by atoms with Crippen LogP contribution in [0.5, 0.6) is 0 Å². The van der Waals surface area contributed by atoms with Crippen molar-refractivity contribution in [3.8, 4) is 0 Å². The molecule has 2 amide bonds. The first-order valence-electron chi connectivity index (χ1n) is 5.78. The van der Waals surface area contributed by atoms with Crippen molar-refractivity contribution in [1.82, 2.24) is 10.2 Å². The number of amides is 2. The minimum Gasteiger partial charge on any atom is -0.344 e. The van der Waals surface area contributed by atoms with Gasteiger partial charge >= 0.3 is 0 Å². The number of carbonyl (C=O) groups excluding carboxylic acids is 2. The Kier molecular flexibility index (Phi) is 5.12. The molecule has 1 fully saturated rings. The predicted molar refractivity (Wildman–Crippen MR) is 66.5 cm³/mol. The molecule has 5 heteroatoms. The monoisotopic (exact) mass is 244 g/mol. The molecule has 0 saturated heterocycles. The summed E-state index contributed by atoms with van der Waals surface area (Å²) in [5, 5.41) is 2.64. The SMILES string of the molecule is CCCN(C(=O)C(CS)NC(C)=O)C1CC1. The van der Waals surface area contributed by atoms with E-state index in [-0.39, 0.29) is 11.8 Å². The molecule has 16 heavy (non-hydrogen) atoms. The number of hydrogen-bond acceptors (Lipinski definition) is 3. The van der Waals surface area contributed by atoms with Gasteiger partial charge in [-0.15, -0.1) is 0 Å². The molecule has 1 N–H and O–H groups in total. The highest BCUT2D eigenvalue weighted by Gasteiger charge is 2.34. The van der Waals surface area contributed by atoms with Gasteiger partial charge in [0, 0.05) is 25.3 Å². The Morgan fingerprint density at radius 1 is 1.50 bits per heavy atom. The van der Waals surface area contributed by atoms with E-state index in [1.54, 1.807) is 0 Å². The summed E-state index contributed by atoms with van der Waals surface area (Å²) in [6.07, 6.45) is 3.12. The highest BCUT2D eigenvalue weighted by Crippen LogP contribution is 2.27. The van der Waals surface area contributed by atoms with Gasteiger partial charge < -0.3 is 10.2 Å². The van der Waals surface area contributed by atoms with Crippen molar-refractivity contribution in [3.63, 3.8) is 0 Å². The van der Waals surface area contributed by atoms with Crippen LogP contribution in [0, 0.1) is 0 Å². The summed E-state index contributed by atoms with van der Waals surface area (Å²) in [5.74, 6) is 0.180. The summed E-state index contributed by atoms with van der Waals surface area (Å²) in [4.78, 5) is 25.0. The van der Waals surface area contributed by atoms with Crippen molar-refractivity contribution < 1.29 is 9.59 Å². The fourth-order valence-electron chi connectivity index (χ4n) is 1.73. The normalized spacial score (nSPS) is 16.7. The van der Waals surface area contributed by atoms with Crippen LogP contribution in [-0.4, -0.2) is 41.1 Å². The first kappa shape index (κ1) is 13.4. The maximum Gasteiger partial charge on any atom is 0.246 e. The van der Waals surface area contributed by atoms with Gasteiger partial charge in [0.05, 0.1) is 0 Å². The van der Waals surface area contributed by atoms with Crippen LogP contribution in [0.3, 0.4) is 0 Å². The minimum atomic E-state index is -0.479. The number of hydrogen-bond donors (Lipinski definition) is 2. The van der Waals surface area contributed by atoms with Crippen molar-refractivity contribution in [2.45, 2.75) is 45.2 Å². The van der Waals surface area contributed by atoms with Gasteiger partial charge in [0.1, 0.15) is 6.04 Å². The molecule has 1 saturated carbocycles. The van der Waals surface area contributed by atoms with Crippen molar-refractivity contribution in [2.24, 2.45) is 0 Å². The lowest BCUT2D eigenvalue weighted by molar-refractivity contribution is -0.136. The van der Waals surface area contributed by atoms with Gasteiger partial charge in [0.25, 0.3) is 0 Å². The van der Waals surface area contributed by atoms with E-state index in [0.717, 1.165) is 25.8 Å². The summed E-state index contributed by atoms with van der Waals surface area (Å²) in [6.45, 7) is 4.25. The zero-order valence-corrected chi connectivity index (χ0v) is 10.8. The first-order valence-corrected chi connectivity index (χ1v) is 6.41. The van der Waals surface area contributed by atoms with Gasteiger partial charge in [-0.05, 0) is 19.3 Å². The predicted octanol–water partition coefficient (Wildman–Crippen LogP) is 0.822. The highest BCUT2D eigenvalue weighted by atomic mass is 32.1. The molecule has 0 spiro atoms. The standard InChI is InChI=1S/C11H20N2O2S/c1-3-6-13(9-4-5-9)11(15)10(7-16)12-8(2)14/h9-10,16H,3-7H2,1-2H3,(H,12,14). The maximum absolute atomic E-state index is 12.1. The smallest absolute Gasteiger partial charge is 0.246 e. The van der Waals surface area contributed by atoms with Crippen molar-refractivity contribution in [3.05, 3.63) is 0 Å². The molecule has 4 nitrogen and oxygen atoms in total. The molecule has 0 aromatic carbocycles. The second-order valence-electron chi connectivity index (χ2n) is 4.20. The lowest BCUT2D eigenvalue weighted by Crippen LogP contribution is -2.50. The fraction of sp³-hybridized carbons (Fsp3) is 0.818. The number of nitrogens with zero attached hydrogens (tertiary/aromatic N) is 1. The van der Waals surface area contributed by atoms with Crippen molar-refractivity contribution in [1.29, 1.82) is 0 Å². The van der Waals surface area contributed by atoms with Crippen LogP contribution >= 0.6 is 12.6 Å². The van der Waals surface area contributed by atoms with Crippen LogP contribution in [0.4, 0.5) is 0 Å². The molecule has 0 bridgehead atoms. The van der Waals surface area contributed by atoms with Crippen molar-refractivity contribution in [2.75, 3.05) is 12.3 Å². The third-order valence-electron chi connectivity index (χ3n) is 2.59. The zero-order valence-electron chi connectivity index (χ0n) is 9.90. The topological polar surface area (TPSA) is 49.4 Å². The lowest BCUT2D eigenvalue weighted by atomic mass is 10.2. The largest absolute Gasteiger partial charge is 0.344 e. The Morgan fingerprint density at radius 3 is 2.50 bits per heavy atom. The molecular formula is C11H20N2O2S. The van der Waals surface area contributed by atoms with E-state index < -0.39 is 6.04 Å². The molecule has 1 unspecified atom stereocenters. The van der Waals surface area contributed by atoms with E-state index >= 15 is 0 Å². The molecule has 0 aromatic rings. The van der Waals surface area contributed by atoms with Gasteiger partial charge in [0.15, 0.2) is 0 Å². The average molecular weight is 244 g/mol.